The monoisotopic (exact) mass is 612 g/mol. The van der Waals surface area contributed by atoms with Crippen LogP contribution in [-0.2, 0) is 35.0 Å². The molecule has 0 bridgehead atoms. The Bertz CT molecular complexity index is 1220. The molecule has 2 aromatic rings. The van der Waals surface area contributed by atoms with Crippen molar-refractivity contribution >= 4 is 17.8 Å². The topological polar surface area (TPSA) is 132 Å². The molecule has 2 aliphatic rings. The van der Waals surface area contributed by atoms with Gasteiger partial charge in [-0.05, 0) is 57.4 Å². The van der Waals surface area contributed by atoms with Crippen LogP contribution in [0.1, 0.15) is 81.3 Å². The highest BCUT2D eigenvalue weighted by Gasteiger charge is 2.37. The number of amides is 1. The van der Waals surface area contributed by atoms with Crippen LogP contribution in [0.2, 0.25) is 0 Å². The van der Waals surface area contributed by atoms with E-state index in [9.17, 15) is 14.4 Å². The number of nitrogens with zero attached hydrogens (tertiary/aromatic N) is 1. The Hall–Kier alpha value is -3.70. The Balaban J connectivity index is 1.44. The average Bonchev–Trinajstić information content (AvgIpc) is 3.54. The number of carbonyl (C=O) groups is 3. The molecule has 1 saturated carbocycles. The second-order valence-electron chi connectivity index (χ2n) is 11.2. The molecule has 0 unspecified atom stereocenters. The summed E-state index contributed by atoms with van der Waals surface area (Å²) in [6, 6.07) is 10.8. The fraction of sp³-hybridized carbons (Fsp3) is 0.576. The summed E-state index contributed by atoms with van der Waals surface area (Å²) in [7, 11) is 1.41. The van der Waals surface area contributed by atoms with Crippen LogP contribution in [-0.4, -0.2) is 73.8 Å². The van der Waals surface area contributed by atoms with Crippen LogP contribution in [0.15, 0.2) is 42.6 Å². The number of esters is 2. The van der Waals surface area contributed by atoms with E-state index in [1.54, 1.807) is 0 Å². The summed E-state index contributed by atoms with van der Waals surface area (Å²) in [5.74, 6) is -1.54. The fourth-order valence-corrected chi connectivity index (χ4v) is 5.66. The van der Waals surface area contributed by atoms with Gasteiger partial charge in [-0.2, -0.15) is 0 Å². The van der Waals surface area contributed by atoms with E-state index >= 15 is 0 Å². The minimum atomic E-state index is -0.928. The summed E-state index contributed by atoms with van der Waals surface area (Å²) < 4.78 is 34.6. The first-order chi connectivity index (χ1) is 21.4. The Morgan fingerprint density at radius 2 is 1.82 bits per heavy atom. The highest BCUT2D eigenvalue weighted by Crippen LogP contribution is 2.31. The molecule has 0 spiro atoms. The maximum atomic E-state index is 13.4. The lowest BCUT2D eigenvalue weighted by Crippen LogP contribution is -2.46. The maximum Gasteiger partial charge on any atom is 0.329 e. The van der Waals surface area contributed by atoms with Crippen molar-refractivity contribution in [1.29, 1.82) is 0 Å². The third-order valence-electron chi connectivity index (χ3n) is 7.90. The summed E-state index contributed by atoms with van der Waals surface area (Å²) >= 11 is 0. The molecule has 1 aromatic heterocycles. The normalized spacial score (nSPS) is 22.7. The van der Waals surface area contributed by atoms with Crippen molar-refractivity contribution in [3.8, 4) is 11.5 Å². The van der Waals surface area contributed by atoms with Crippen LogP contribution in [0.4, 0.5) is 0 Å². The number of pyridine rings is 1. The number of rotatable bonds is 13. The number of ether oxygens (including phenoxy) is 6. The molecular weight excluding hydrogens is 568 g/mol. The molecule has 4 atom stereocenters. The van der Waals surface area contributed by atoms with E-state index < -0.39 is 42.9 Å². The smallest absolute Gasteiger partial charge is 0.329 e. The molecule has 1 aliphatic heterocycles. The lowest BCUT2D eigenvalue weighted by molar-refractivity contribution is -0.172. The fourth-order valence-electron chi connectivity index (χ4n) is 5.66. The third kappa shape index (κ3) is 9.65. The van der Waals surface area contributed by atoms with Crippen molar-refractivity contribution < 1.29 is 42.8 Å². The number of hydrogen-bond acceptors (Lipinski definition) is 10. The van der Waals surface area contributed by atoms with Gasteiger partial charge in [-0.3, -0.25) is 9.59 Å². The lowest BCUT2D eigenvalue weighted by atomic mass is 10.0. The number of nitrogens with one attached hydrogen (secondary N) is 1. The van der Waals surface area contributed by atoms with E-state index in [2.05, 4.69) is 22.4 Å². The number of aryl methyl sites for hydroxylation is 1. The van der Waals surface area contributed by atoms with E-state index in [-0.39, 0.29) is 29.4 Å². The van der Waals surface area contributed by atoms with Gasteiger partial charge < -0.3 is 33.7 Å². The maximum absolute atomic E-state index is 13.4. The molecule has 1 amide bonds. The van der Waals surface area contributed by atoms with Gasteiger partial charge >= 0.3 is 11.9 Å². The standard InChI is InChI=1S/C33H44N2O9/c1-22-30(40-20-10-13-24-11-5-4-6-12-24)28(44-25-14-7-8-15-25)17-9-16-26(33(38)43-22)35-32(37)29-31(42-21-41-23(2)36)27(39-3)18-19-34-29/h4-6,11-12,18-19,22,25-26,28,30H,7-10,13-17,20-21H2,1-3H3,(H,35,37)/t22-,26-,28-,30-/m0/s1. The van der Waals surface area contributed by atoms with Crippen molar-refractivity contribution in [2.75, 3.05) is 20.5 Å². The van der Waals surface area contributed by atoms with Crippen molar-refractivity contribution in [2.24, 2.45) is 0 Å². The van der Waals surface area contributed by atoms with Crippen LogP contribution >= 0.6 is 0 Å². The third-order valence-corrected chi connectivity index (χ3v) is 7.90. The highest BCUT2D eigenvalue weighted by molar-refractivity contribution is 5.98. The molecular formula is C33H44N2O9. The van der Waals surface area contributed by atoms with Crippen molar-refractivity contribution in [2.45, 2.75) is 102 Å². The predicted molar refractivity (Wildman–Crippen MR) is 160 cm³/mol. The van der Waals surface area contributed by atoms with Crippen LogP contribution in [0.5, 0.6) is 11.5 Å². The van der Waals surface area contributed by atoms with Gasteiger partial charge in [0.25, 0.3) is 5.91 Å². The van der Waals surface area contributed by atoms with E-state index in [1.165, 1.54) is 31.9 Å². The van der Waals surface area contributed by atoms with Gasteiger partial charge in [0.05, 0.1) is 19.3 Å². The molecule has 4 rings (SSSR count). The Morgan fingerprint density at radius 1 is 1.05 bits per heavy atom. The summed E-state index contributed by atoms with van der Waals surface area (Å²) in [4.78, 5) is 42.1. The number of carbonyl (C=O) groups excluding carboxylic acids is 3. The van der Waals surface area contributed by atoms with Crippen LogP contribution < -0.4 is 14.8 Å². The lowest BCUT2D eigenvalue weighted by Gasteiger charge is -2.33. The van der Waals surface area contributed by atoms with Gasteiger partial charge in [-0.25, -0.2) is 9.78 Å². The molecule has 44 heavy (non-hydrogen) atoms. The molecule has 2 fully saturated rings. The number of methoxy groups -OCH3 is 1. The average molecular weight is 613 g/mol. The minimum absolute atomic E-state index is 0.00690. The molecule has 240 valence electrons. The molecule has 0 radical (unpaired) electrons. The largest absolute Gasteiger partial charge is 0.493 e. The number of aromatic nitrogens is 1. The van der Waals surface area contributed by atoms with Gasteiger partial charge in [-0.1, -0.05) is 43.2 Å². The number of cyclic esters (lactones) is 1. The summed E-state index contributed by atoms with van der Waals surface area (Å²) in [6.45, 7) is 3.13. The Labute approximate surface area is 258 Å². The number of hydrogen-bond donors (Lipinski definition) is 1. The van der Waals surface area contributed by atoms with E-state index in [0.717, 1.165) is 38.5 Å². The van der Waals surface area contributed by atoms with Crippen molar-refractivity contribution in [3.63, 3.8) is 0 Å². The molecule has 1 aromatic carbocycles. The molecule has 11 nitrogen and oxygen atoms in total. The van der Waals surface area contributed by atoms with Gasteiger partial charge in [0.2, 0.25) is 6.79 Å². The zero-order valence-electron chi connectivity index (χ0n) is 25.8. The second-order valence-corrected chi connectivity index (χ2v) is 11.2. The van der Waals surface area contributed by atoms with Crippen molar-refractivity contribution in [3.05, 3.63) is 53.9 Å². The molecule has 2 heterocycles. The van der Waals surface area contributed by atoms with Crippen LogP contribution in [0.3, 0.4) is 0 Å². The summed E-state index contributed by atoms with van der Waals surface area (Å²) in [5, 5.41) is 2.76. The molecule has 1 saturated heterocycles. The van der Waals surface area contributed by atoms with Gasteiger partial charge in [0.1, 0.15) is 18.2 Å². The van der Waals surface area contributed by atoms with Crippen LogP contribution in [0, 0.1) is 0 Å². The van der Waals surface area contributed by atoms with Gasteiger partial charge in [-0.15, -0.1) is 0 Å². The summed E-state index contributed by atoms with van der Waals surface area (Å²) in [5.41, 5.74) is 1.13. The van der Waals surface area contributed by atoms with Gasteiger partial charge in [0.15, 0.2) is 17.2 Å². The molecule has 1 N–H and O–H groups in total. The van der Waals surface area contributed by atoms with Crippen molar-refractivity contribution in [1.82, 2.24) is 10.3 Å². The highest BCUT2D eigenvalue weighted by atomic mass is 16.7. The van der Waals surface area contributed by atoms with Crippen LogP contribution in [0.25, 0.3) is 0 Å². The Kier molecular flexibility index (Phi) is 12.8. The summed E-state index contributed by atoms with van der Waals surface area (Å²) in [6.07, 6.45) is 7.90. The second kappa shape index (κ2) is 17.0. The Morgan fingerprint density at radius 3 is 2.55 bits per heavy atom. The molecule has 11 heteroatoms. The van der Waals surface area contributed by atoms with Gasteiger partial charge in [0, 0.05) is 25.8 Å². The van der Waals surface area contributed by atoms with E-state index in [4.69, 9.17) is 28.4 Å². The first-order valence-electron chi connectivity index (χ1n) is 15.5. The zero-order valence-corrected chi connectivity index (χ0v) is 25.8. The SMILES string of the molecule is COc1ccnc(C(=O)N[C@H]2CCC[C@H](OC3CCCC3)[C@@H](OCCCc3ccccc3)[C@H](C)OC2=O)c1OCOC(C)=O. The quantitative estimate of drug-likeness (QED) is 0.195. The molecule has 1 aliphatic carbocycles. The minimum Gasteiger partial charge on any atom is -0.493 e. The first kappa shape index (κ1) is 33.2. The first-order valence-corrected chi connectivity index (χ1v) is 15.5. The predicted octanol–water partition coefficient (Wildman–Crippen LogP) is 4.55. The van der Waals surface area contributed by atoms with E-state index in [0.29, 0.717) is 25.9 Å². The zero-order chi connectivity index (χ0) is 31.3. The number of benzene rings is 1. The van der Waals surface area contributed by atoms with E-state index in [1.807, 2.05) is 25.1 Å².